The van der Waals surface area contributed by atoms with E-state index in [9.17, 15) is 4.79 Å². The summed E-state index contributed by atoms with van der Waals surface area (Å²) in [6.45, 7) is 7.74. The average molecular weight is 170 g/mol. The molecule has 1 rings (SSSR count). The lowest BCUT2D eigenvalue weighted by Crippen LogP contribution is -2.48. The van der Waals surface area contributed by atoms with Crippen molar-refractivity contribution in [3.8, 4) is 0 Å². The summed E-state index contributed by atoms with van der Waals surface area (Å²) in [4.78, 5) is 15.7. The third-order valence-electron chi connectivity index (χ3n) is 2.31. The molecule has 1 aliphatic rings. The van der Waals surface area contributed by atoms with Gasteiger partial charge in [0.25, 0.3) is 0 Å². The summed E-state index contributed by atoms with van der Waals surface area (Å²) in [5.41, 5.74) is 0. The first-order valence-corrected chi connectivity index (χ1v) is 4.58. The van der Waals surface area contributed by atoms with Crippen LogP contribution in [0.5, 0.6) is 0 Å². The minimum atomic E-state index is 0.147. The summed E-state index contributed by atoms with van der Waals surface area (Å²) >= 11 is 0. The Labute approximate surface area is 74.3 Å². The van der Waals surface area contributed by atoms with Gasteiger partial charge in [-0.25, -0.2) is 0 Å². The molecule has 0 aliphatic carbocycles. The van der Waals surface area contributed by atoms with Crippen molar-refractivity contribution < 1.29 is 4.79 Å². The van der Waals surface area contributed by atoms with Gasteiger partial charge in [-0.2, -0.15) is 0 Å². The topological polar surface area (TPSA) is 23.6 Å². The Morgan fingerprint density at radius 2 is 1.67 bits per heavy atom. The van der Waals surface area contributed by atoms with E-state index in [1.807, 2.05) is 18.7 Å². The quantitative estimate of drug-likeness (QED) is 0.569. The van der Waals surface area contributed by atoms with Crippen molar-refractivity contribution in [3.63, 3.8) is 0 Å². The summed E-state index contributed by atoms with van der Waals surface area (Å²) in [6, 6.07) is 0. The number of carbonyl (C=O) groups excluding carboxylic acids is 1. The highest BCUT2D eigenvalue weighted by molar-refractivity contribution is 5.78. The molecule has 0 aromatic heterocycles. The molecule has 0 aromatic rings. The molecule has 70 valence electrons. The van der Waals surface area contributed by atoms with Crippen LogP contribution in [-0.4, -0.2) is 48.9 Å². The van der Waals surface area contributed by atoms with E-state index in [0.717, 1.165) is 26.2 Å². The van der Waals surface area contributed by atoms with Crippen molar-refractivity contribution >= 4 is 5.91 Å². The van der Waals surface area contributed by atoms with Crippen molar-refractivity contribution in [2.75, 3.05) is 33.2 Å². The van der Waals surface area contributed by atoms with Crippen LogP contribution in [0.3, 0.4) is 0 Å². The Kier molecular flexibility index (Phi) is 3.09. The molecule has 3 heteroatoms. The van der Waals surface area contributed by atoms with E-state index in [2.05, 4.69) is 11.9 Å². The van der Waals surface area contributed by atoms with Crippen LogP contribution in [-0.2, 0) is 4.79 Å². The fraction of sp³-hybridized carbons (Fsp3) is 0.889. The van der Waals surface area contributed by atoms with Crippen molar-refractivity contribution in [3.05, 3.63) is 0 Å². The molecule has 0 unspecified atom stereocenters. The summed E-state index contributed by atoms with van der Waals surface area (Å²) in [5, 5.41) is 0. The Balaban J connectivity index is 2.39. The van der Waals surface area contributed by atoms with Crippen LogP contribution in [0.2, 0.25) is 0 Å². The molecule has 0 aromatic carbocycles. The summed E-state index contributed by atoms with van der Waals surface area (Å²) in [5.74, 6) is 0.441. The van der Waals surface area contributed by atoms with Crippen LogP contribution in [0.25, 0.3) is 0 Å². The Bertz CT molecular complexity index is 160. The van der Waals surface area contributed by atoms with Gasteiger partial charge < -0.3 is 9.80 Å². The Morgan fingerprint density at radius 3 is 2.08 bits per heavy atom. The average Bonchev–Trinajstić information content (AvgIpc) is 2.04. The molecule has 1 saturated heterocycles. The molecule has 3 nitrogen and oxygen atoms in total. The fourth-order valence-corrected chi connectivity index (χ4v) is 1.39. The third-order valence-corrected chi connectivity index (χ3v) is 2.31. The van der Waals surface area contributed by atoms with E-state index in [1.165, 1.54) is 0 Å². The van der Waals surface area contributed by atoms with Gasteiger partial charge in [0.05, 0.1) is 0 Å². The van der Waals surface area contributed by atoms with Crippen molar-refractivity contribution in [1.82, 2.24) is 9.80 Å². The second-order valence-electron chi connectivity index (χ2n) is 3.78. The predicted molar refractivity (Wildman–Crippen MR) is 48.9 cm³/mol. The highest BCUT2D eigenvalue weighted by Crippen LogP contribution is 2.05. The normalized spacial score (nSPS) is 20.2. The van der Waals surface area contributed by atoms with E-state index < -0.39 is 0 Å². The molecule has 0 spiro atoms. The van der Waals surface area contributed by atoms with Gasteiger partial charge in [0.1, 0.15) is 0 Å². The maximum atomic E-state index is 11.5. The zero-order chi connectivity index (χ0) is 9.14. The number of carbonyl (C=O) groups is 1. The van der Waals surface area contributed by atoms with Crippen LogP contribution in [0.1, 0.15) is 13.8 Å². The van der Waals surface area contributed by atoms with Gasteiger partial charge in [-0.05, 0) is 7.05 Å². The highest BCUT2D eigenvalue weighted by Gasteiger charge is 2.20. The molecule has 0 bridgehead atoms. The summed E-state index contributed by atoms with van der Waals surface area (Å²) < 4.78 is 0. The number of piperazine rings is 1. The largest absolute Gasteiger partial charge is 0.340 e. The fourth-order valence-electron chi connectivity index (χ4n) is 1.39. The standard InChI is InChI=1S/C9H18N2O/c1-8(2)9(12)11-6-4-10(3)5-7-11/h8H,4-7H2,1-3H3. The first-order valence-electron chi connectivity index (χ1n) is 4.58. The molecule has 0 atom stereocenters. The summed E-state index contributed by atoms with van der Waals surface area (Å²) in [6.07, 6.45) is 0. The molecule has 1 aliphatic heterocycles. The number of hydrogen-bond acceptors (Lipinski definition) is 2. The molecule has 1 heterocycles. The highest BCUT2D eigenvalue weighted by atomic mass is 16.2. The minimum absolute atomic E-state index is 0.147. The molecular formula is C9H18N2O. The zero-order valence-corrected chi connectivity index (χ0v) is 8.21. The zero-order valence-electron chi connectivity index (χ0n) is 8.21. The first-order chi connectivity index (χ1) is 5.61. The van der Waals surface area contributed by atoms with E-state index in [4.69, 9.17) is 0 Å². The van der Waals surface area contributed by atoms with Crippen LogP contribution in [0, 0.1) is 5.92 Å². The van der Waals surface area contributed by atoms with Crippen molar-refractivity contribution in [2.24, 2.45) is 5.92 Å². The van der Waals surface area contributed by atoms with E-state index >= 15 is 0 Å². The van der Waals surface area contributed by atoms with Crippen molar-refractivity contribution in [1.29, 1.82) is 0 Å². The molecule has 12 heavy (non-hydrogen) atoms. The Hall–Kier alpha value is -0.570. The molecular weight excluding hydrogens is 152 g/mol. The van der Waals surface area contributed by atoms with Crippen LogP contribution >= 0.6 is 0 Å². The lowest BCUT2D eigenvalue weighted by atomic mass is 10.2. The number of likely N-dealkylation sites (N-methyl/N-ethyl adjacent to an activating group) is 1. The second kappa shape index (κ2) is 3.90. The maximum Gasteiger partial charge on any atom is 0.225 e. The van der Waals surface area contributed by atoms with Gasteiger partial charge >= 0.3 is 0 Å². The monoisotopic (exact) mass is 170 g/mol. The molecule has 0 saturated carbocycles. The molecule has 1 amide bonds. The SMILES string of the molecule is CC(C)C(=O)N1CCN(C)CC1. The molecule has 0 N–H and O–H groups in total. The molecule has 0 radical (unpaired) electrons. The van der Waals surface area contributed by atoms with Gasteiger partial charge in [0.2, 0.25) is 5.91 Å². The summed E-state index contributed by atoms with van der Waals surface area (Å²) in [7, 11) is 2.09. The van der Waals surface area contributed by atoms with E-state index in [-0.39, 0.29) is 5.92 Å². The second-order valence-corrected chi connectivity index (χ2v) is 3.78. The van der Waals surface area contributed by atoms with Gasteiger partial charge in [0.15, 0.2) is 0 Å². The smallest absolute Gasteiger partial charge is 0.225 e. The third kappa shape index (κ3) is 2.21. The predicted octanol–water partition coefficient (Wildman–Crippen LogP) is 0.416. The lowest BCUT2D eigenvalue weighted by molar-refractivity contribution is -0.136. The first kappa shape index (κ1) is 9.52. The van der Waals surface area contributed by atoms with Crippen LogP contribution in [0.4, 0.5) is 0 Å². The van der Waals surface area contributed by atoms with Crippen LogP contribution < -0.4 is 0 Å². The number of rotatable bonds is 1. The van der Waals surface area contributed by atoms with E-state index in [0.29, 0.717) is 5.91 Å². The Morgan fingerprint density at radius 1 is 1.17 bits per heavy atom. The van der Waals surface area contributed by atoms with Crippen molar-refractivity contribution in [2.45, 2.75) is 13.8 Å². The molecule has 1 fully saturated rings. The van der Waals surface area contributed by atoms with E-state index in [1.54, 1.807) is 0 Å². The van der Waals surface area contributed by atoms with Gasteiger partial charge in [-0.3, -0.25) is 4.79 Å². The maximum absolute atomic E-state index is 11.5. The number of amides is 1. The number of nitrogens with zero attached hydrogens (tertiary/aromatic N) is 2. The minimum Gasteiger partial charge on any atom is -0.340 e. The van der Waals surface area contributed by atoms with Gasteiger partial charge in [-0.15, -0.1) is 0 Å². The van der Waals surface area contributed by atoms with Gasteiger partial charge in [0, 0.05) is 32.1 Å². The van der Waals surface area contributed by atoms with Gasteiger partial charge in [-0.1, -0.05) is 13.8 Å². The lowest BCUT2D eigenvalue weighted by Gasteiger charge is -2.33. The number of hydrogen-bond donors (Lipinski definition) is 0. The van der Waals surface area contributed by atoms with Crippen LogP contribution in [0.15, 0.2) is 0 Å².